The van der Waals surface area contributed by atoms with Gasteiger partial charge in [0.15, 0.2) is 0 Å². The summed E-state index contributed by atoms with van der Waals surface area (Å²) in [5.41, 5.74) is 1.67. The molecule has 0 radical (unpaired) electrons. The SMILES string of the molecule is Clc1ccc(C2(Cn3ccnc3)OCC(COc3ccc(-n4cccn4)cc3)O2)c(Cl)c1. The molecule has 1 fully saturated rings. The van der Waals surface area contributed by atoms with E-state index in [2.05, 4.69) is 10.1 Å². The maximum absolute atomic E-state index is 6.51. The summed E-state index contributed by atoms with van der Waals surface area (Å²) in [5.74, 6) is -0.332. The second kappa shape index (κ2) is 8.96. The molecule has 1 aliphatic heterocycles. The van der Waals surface area contributed by atoms with E-state index in [1.54, 1.807) is 35.5 Å². The Labute approximate surface area is 195 Å². The Morgan fingerprint density at radius 2 is 1.97 bits per heavy atom. The van der Waals surface area contributed by atoms with Crippen molar-refractivity contribution in [3.8, 4) is 11.4 Å². The van der Waals surface area contributed by atoms with E-state index in [1.165, 1.54) is 0 Å². The minimum absolute atomic E-state index is 0.281. The number of halogens is 2. The van der Waals surface area contributed by atoms with Gasteiger partial charge in [0, 0.05) is 35.4 Å². The molecule has 0 aliphatic carbocycles. The summed E-state index contributed by atoms with van der Waals surface area (Å²) in [5, 5.41) is 5.26. The van der Waals surface area contributed by atoms with Crippen LogP contribution in [0.15, 0.2) is 79.6 Å². The Morgan fingerprint density at radius 1 is 1.09 bits per heavy atom. The van der Waals surface area contributed by atoms with Crippen molar-refractivity contribution in [2.24, 2.45) is 0 Å². The number of ether oxygens (including phenoxy) is 3. The molecule has 0 amide bonds. The second-order valence-corrected chi connectivity index (χ2v) is 8.26. The fourth-order valence-electron chi connectivity index (χ4n) is 3.68. The Balaban J connectivity index is 1.30. The van der Waals surface area contributed by atoms with E-state index in [4.69, 9.17) is 37.4 Å². The number of benzene rings is 2. The van der Waals surface area contributed by atoms with Crippen LogP contribution >= 0.6 is 23.2 Å². The number of rotatable bonds is 7. The van der Waals surface area contributed by atoms with Gasteiger partial charge in [0.1, 0.15) is 18.5 Å². The minimum Gasteiger partial charge on any atom is -0.491 e. The van der Waals surface area contributed by atoms with Crippen molar-refractivity contribution < 1.29 is 14.2 Å². The minimum atomic E-state index is -1.07. The van der Waals surface area contributed by atoms with Crippen molar-refractivity contribution >= 4 is 23.2 Å². The van der Waals surface area contributed by atoms with Crippen molar-refractivity contribution in [2.75, 3.05) is 13.2 Å². The van der Waals surface area contributed by atoms with Gasteiger partial charge in [-0.3, -0.25) is 0 Å². The molecule has 3 heterocycles. The summed E-state index contributed by atoms with van der Waals surface area (Å²) in [6.07, 6.45) is 8.62. The highest BCUT2D eigenvalue weighted by Gasteiger charge is 2.45. The zero-order chi connectivity index (χ0) is 22.0. The third-order valence-electron chi connectivity index (χ3n) is 5.19. The molecule has 0 spiro atoms. The van der Waals surface area contributed by atoms with Gasteiger partial charge in [-0.1, -0.05) is 29.3 Å². The lowest BCUT2D eigenvalue weighted by Crippen LogP contribution is -2.34. The molecular formula is C23H20Cl2N4O3. The number of imidazole rings is 1. The first-order valence-electron chi connectivity index (χ1n) is 10.1. The molecular weight excluding hydrogens is 451 g/mol. The summed E-state index contributed by atoms with van der Waals surface area (Å²) in [6.45, 7) is 1.08. The molecule has 1 aliphatic rings. The summed E-state index contributed by atoms with van der Waals surface area (Å²) >= 11 is 12.6. The van der Waals surface area contributed by atoms with Gasteiger partial charge in [-0.05, 0) is 42.5 Å². The Hall–Kier alpha value is -2.84. The van der Waals surface area contributed by atoms with Gasteiger partial charge in [-0.25, -0.2) is 9.67 Å². The highest BCUT2D eigenvalue weighted by molar-refractivity contribution is 6.35. The van der Waals surface area contributed by atoms with Gasteiger partial charge in [0.25, 0.3) is 0 Å². The molecule has 5 rings (SSSR count). The van der Waals surface area contributed by atoms with E-state index in [0.29, 0.717) is 35.4 Å². The zero-order valence-electron chi connectivity index (χ0n) is 17.0. The molecule has 2 atom stereocenters. The van der Waals surface area contributed by atoms with Crippen LogP contribution in [-0.4, -0.2) is 38.6 Å². The van der Waals surface area contributed by atoms with Crippen LogP contribution in [0.3, 0.4) is 0 Å². The predicted molar refractivity (Wildman–Crippen MR) is 120 cm³/mol. The summed E-state index contributed by atoms with van der Waals surface area (Å²) in [4.78, 5) is 4.11. The third-order valence-corrected chi connectivity index (χ3v) is 5.74. The van der Waals surface area contributed by atoms with Crippen molar-refractivity contribution in [1.29, 1.82) is 0 Å². The highest BCUT2D eigenvalue weighted by atomic mass is 35.5. The molecule has 9 heteroatoms. The first-order chi connectivity index (χ1) is 15.6. The fraction of sp³-hybridized carbons (Fsp3) is 0.217. The van der Waals surface area contributed by atoms with Gasteiger partial charge in [0.05, 0.1) is 30.2 Å². The first kappa shape index (κ1) is 21.0. The molecule has 2 unspecified atom stereocenters. The van der Waals surface area contributed by atoms with Crippen LogP contribution in [-0.2, 0) is 21.8 Å². The van der Waals surface area contributed by atoms with Crippen molar-refractivity contribution in [3.05, 3.63) is 95.3 Å². The van der Waals surface area contributed by atoms with Crippen LogP contribution in [0.1, 0.15) is 5.56 Å². The van der Waals surface area contributed by atoms with Crippen LogP contribution in [0, 0.1) is 0 Å². The third kappa shape index (κ3) is 4.38. The maximum atomic E-state index is 6.51. The first-order valence-corrected chi connectivity index (χ1v) is 10.8. The number of aromatic nitrogens is 4. The fourth-order valence-corrected chi connectivity index (χ4v) is 4.23. The molecule has 2 aromatic heterocycles. The lowest BCUT2D eigenvalue weighted by Gasteiger charge is -2.30. The standard InChI is InChI=1S/C23H20Cl2N4O3/c24-17-2-7-21(22(25)12-17)23(15-28-11-9-26-16-28)31-14-20(32-23)13-30-19-5-3-18(4-6-19)29-10-1-8-27-29/h1-12,16,20H,13-15H2. The molecule has 0 N–H and O–H groups in total. The topological polar surface area (TPSA) is 63.3 Å². The maximum Gasteiger partial charge on any atom is 0.215 e. The van der Waals surface area contributed by atoms with Gasteiger partial charge in [-0.15, -0.1) is 0 Å². The van der Waals surface area contributed by atoms with Crippen molar-refractivity contribution in [2.45, 2.75) is 18.4 Å². The van der Waals surface area contributed by atoms with Crippen LogP contribution < -0.4 is 4.74 Å². The van der Waals surface area contributed by atoms with Crippen LogP contribution in [0.4, 0.5) is 0 Å². The van der Waals surface area contributed by atoms with Gasteiger partial charge < -0.3 is 18.8 Å². The predicted octanol–water partition coefficient (Wildman–Crippen LogP) is 4.72. The Kier molecular flexibility index (Phi) is 5.89. The van der Waals surface area contributed by atoms with Crippen LogP contribution in [0.2, 0.25) is 10.0 Å². The average molecular weight is 471 g/mol. The normalized spacial score (nSPS) is 20.5. The van der Waals surface area contributed by atoms with Gasteiger partial charge >= 0.3 is 0 Å². The van der Waals surface area contributed by atoms with Gasteiger partial charge in [-0.2, -0.15) is 5.10 Å². The van der Waals surface area contributed by atoms with E-state index in [1.807, 2.05) is 53.4 Å². The Bertz CT molecular complexity index is 1170. The average Bonchev–Trinajstić information content (AvgIpc) is 3.56. The Morgan fingerprint density at radius 3 is 2.69 bits per heavy atom. The lowest BCUT2D eigenvalue weighted by molar-refractivity contribution is -0.189. The number of hydrogen-bond donors (Lipinski definition) is 0. The number of nitrogens with zero attached hydrogens (tertiary/aromatic N) is 4. The highest BCUT2D eigenvalue weighted by Crippen LogP contribution is 2.40. The molecule has 2 aromatic carbocycles. The second-order valence-electron chi connectivity index (χ2n) is 7.42. The van der Waals surface area contributed by atoms with Crippen LogP contribution in [0.5, 0.6) is 5.75 Å². The van der Waals surface area contributed by atoms with E-state index in [-0.39, 0.29) is 6.10 Å². The van der Waals surface area contributed by atoms with E-state index >= 15 is 0 Å². The van der Waals surface area contributed by atoms with Crippen molar-refractivity contribution in [1.82, 2.24) is 19.3 Å². The molecule has 1 saturated heterocycles. The van der Waals surface area contributed by atoms with E-state index < -0.39 is 5.79 Å². The molecule has 7 nitrogen and oxygen atoms in total. The van der Waals surface area contributed by atoms with Gasteiger partial charge in [0.2, 0.25) is 5.79 Å². The molecule has 4 aromatic rings. The molecule has 164 valence electrons. The molecule has 0 bridgehead atoms. The summed E-state index contributed by atoms with van der Waals surface area (Å²) < 4.78 is 22.2. The lowest BCUT2D eigenvalue weighted by atomic mass is 10.1. The van der Waals surface area contributed by atoms with E-state index in [0.717, 1.165) is 11.4 Å². The monoisotopic (exact) mass is 470 g/mol. The van der Waals surface area contributed by atoms with Crippen LogP contribution in [0.25, 0.3) is 5.69 Å². The van der Waals surface area contributed by atoms with E-state index in [9.17, 15) is 0 Å². The quantitative estimate of drug-likeness (QED) is 0.390. The summed E-state index contributed by atoms with van der Waals surface area (Å²) in [6, 6.07) is 14.9. The molecule has 0 saturated carbocycles. The smallest absolute Gasteiger partial charge is 0.215 e. The summed E-state index contributed by atoms with van der Waals surface area (Å²) in [7, 11) is 0. The van der Waals surface area contributed by atoms with Crippen molar-refractivity contribution in [3.63, 3.8) is 0 Å². The zero-order valence-corrected chi connectivity index (χ0v) is 18.5. The number of hydrogen-bond acceptors (Lipinski definition) is 5. The molecule has 32 heavy (non-hydrogen) atoms. The largest absolute Gasteiger partial charge is 0.491 e.